The molecule has 0 aliphatic rings. The Morgan fingerprint density at radius 1 is 0.864 bits per heavy atom. The summed E-state index contributed by atoms with van der Waals surface area (Å²) in [5, 5.41) is 3.05. The minimum absolute atomic E-state index is 0.0125. The van der Waals surface area contributed by atoms with Gasteiger partial charge in [-0.2, -0.15) is 0 Å². The first kappa shape index (κ1) is 33.5. The summed E-state index contributed by atoms with van der Waals surface area (Å²) >= 11 is 16.3. The van der Waals surface area contributed by atoms with Gasteiger partial charge in [0, 0.05) is 24.0 Å². The predicted octanol–water partition coefficient (Wildman–Crippen LogP) is 7.12. The summed E-state index contributed by atoms with van der Waals surface area (Å²) in [6.07, 6.45) is 0.930. The molecule has 7 nitrogen and oxygen atoms in total. The van der Waals surface area contributed by atoms with E-state index in [0.29, 0.717) is 13.0 Å². The van der Waals surface area contributed by atoms with E-state index in [9.17, 15) is 18.0 Å². The van der Waals surface area contributed by atoms with E-state index < -0.39 is 28.5 Å². The van der Waals surface area contributed by atoms with Gasteiger partial charge < -0.3 is 10.2 Å². The van der Waals surface area contributed by atoms with E-state index in [1.807, 2.05) is 61.5 Å². The fraction of sp³-hybridized carbons (Fsp3) is 0.212. The highest BCUT2D eigenvalue weighted by Crippen LogP contribution is 2.35. The molecule has 0 bridgehead atoms. The molecule has 0 fully saturated rings. The van der Waals surface area contributed by atoms with Crippen LogP contribution in [0, 0.1) is 0 Å². The van der Waals surface area contributed by atoms with Gasteiger partial charge in [0.25, 0.3) is 10.0 Å². The van der Waals surface area contributed by atoms with Crippen molar-refractivity contribution in [2.75, 3.05) is 17.4 Å². The Morgan fingerprint density at radius 2 is 1.50 bits per heavy atom. The van der Waals surface area contributed by atoms with Gasteiger partial charge >= 0.3 is 0 Å². The van der Waals surface area contributed by atoms with Crippen molar-refractivity contribution in [3.63, 3.8) is 0 Å². The third-order valence-corrected chi connectivity index (χ3v) is 9.95. The molecule has 1 N–H and O–H groups in total. The fourth-order valence-corrected chi connectivity index (χ4v) is 7.01. The van der Waals surface area contributed by atoms with E-state index in [1.165, 1.54) is 29.2 Å². The first-order valence-corrected chi connectivity index (χ1v) is 17.0. The highest BCUT2D eigenvalue weighted by molar-refractivity contribution is 9.10. The normalized spacial score (nSPS) is 11.9. The Labute approximate surface area is 277 Å². The average molecular weight is 718 g/mol. The van der Waals surface area contributed by atoms with Crippen LogP contribution >= 0.6 is 39.1 Å². The molecule has 4 rings (SSSR count). The molecule has 2 amide bonds. The molecule has 0 saturated heterocycles. The van der Waals surface area contributed by atoms with Crippen molar-refractivity contribution in [2.45, 2.75) is 37.2 Å². The maximum absolute atomic E-state index is 14.5. The minimum Gasteiger partial charge on any atom is -0.354 e. The van der Waals surface area contributed by atoms with Crippen molar-refractivity contribution < 1.29 is 18.0 Å². The predicted molar refractivity (Wildman–Crippen MR) is 179 cm³/mol. The van der Waals surface area contributed by atoms with Crippen LogP contribution in [-0.2, 0) is 32.6 Å². The number of anilines is 1. The zero-order valence-corrected chi connectivity index (χ0v) is 27.9. The van der Waals surface area contributed by atoms with Crippen LogP contribution in [0.5, 0.6) is 0 Å². The minimum atomic E-state index is -4.29. The number of benzene rings is 4. The molecule has 0 aromatic heterocycles. The number of nitrogens with one attached hydrogen (secondary N) is 1. The molecule has 0 spiro atoms. The summed E-state index contributed by atoms with van der Waals surface area (Å²) in [5.41, 5.74) is 1.66. The Hall–Kier alpha value is -3.37. The van der Waals surface area contributed by atoms with Crippen LogP contribution in [0.3, 0.4) is 0 Å². The third-order valence-electron chi connectivity index (χ3n) is 6.87. The van der Waals surface area contributed by atoms with Gasteiger partial charge in [-0.3, -0.25) is 13.9 Å². The lowest BCUT2D eigenvalue weighted by molar-refractivity contribution is -0.140. The van der Waals surface area contributed by atoms with E-state index in [-0.39, 0.29) is 39.5 Å². The van der Waals surface area contributed by atoms with Crippen LogP contribution in [0.2, 0.25) is 10.0 Å². The van der Waals surface area contributed by atoms with Gasteiger partial charge in [0.2, 0.25) is 11.8 Å². The molecule has 1 atom stereocenters. The maximum Gasteiger partial charge on any atom is 0.264 e. The van der Waals surface area contributed by atoms with Gasteiger partial charge in [-0.1, -0.05) is 113 Å². The number of carbonyl (C=O) groups excluding carboxylic acids is 2. The van der Waals surface area contributed by atoms with Crippen molar-refractivity contribution >= 4 is 66.7 Å². The number of amides is 2. The summed E-state index contributed by atoms with van der Waals surface area (Å²) in [7, 11) is -4.29. The second-order valence-corrected chi connectivity index (χ2v) is 13.6. The van der Waals surface area contributed by atoms with Crippen LogP contribution in [0.4, 0.5) is 5.69 Å². The zero-order chi connectivity index (χ0) is 31.7. The first-order chi connectivity index (χ1) is 21.1. The number of nitrogens with zero attached hydrogens (tertiary/aromatic N) is 2. The zero-order valence-electron chi connectivity index (χ0n) is 24.0. The standard InChI is InChI=1S/C33H32BrCl2N3O4S/c1-2-19-37-33(41)30(21-24-11-5-3-6-12-24)38(22-25-13-9-14-26(34)20-25)31(40)23-39(29-18-10-17-28(35)32(29)36)44(42,43)27-15-7-4-8-16-27/h3-18,20,30H,2,19,21-23H2,1H3,(H,37,41). The van der Waals surface area contributed by atoms with E-state index >= 15 is 0 Å². The number of hydrogen-bond donors (Lipinski definition) is 1. The molecule has 0 aliphatic carbocycles. The molecular weight excluding hydrogens is 685 g/mol. The maximum atomic E-state index is 14.5. The average Bonchev–Trinajstić information content (AvgIpc) is 3.02. The molecule has 4 aromatic rings. The summed E-state index contributed by atoms with van der Waals surface area (Å²) in [4.78, 5) is 29.6. The first-order valence-electron chi connectivity index (χ1n) is 14.0. The molecular formula is C33H32BrCl2N3O4S. The summed E-state index contributed by atoms with van der Waals surface area (Å²) in [6.45, 7) is 1.79. The lowest BCUT2D eigenvalue weighted by Crippen LogP contribution is -2.53. The van der Waals surface area contributed by atoms with E-state index in [2.05, 4.69) is 21.2 Å². The highest BCUT2D eigenvalue weighted by atomic mass is 79.9. The van der Waals surface area contributed by atoms with Crippen molar-refractivity contribution in [3.8, 4) is 0 Å². The topological polar surface area (TPSA) is 86.8 Å². The number of hydrogen-bond acceptors (Lipinski definition) is 4. The Morgan fingerprint density at radius 3 is 2.16 bits per heavy atom. The van der Waals surface area contributed by atoms with Crippen LogP contribution in [0.1, 0.15) is 24.5 Å². The van der Waals surface area contributed by atoms with Gasteiger partial charge in [0.15, 0.2) is 0 Å². The van der Waals surface area contributed by atoms with Crippen molar-refractivity contribution in [1.29, 1.82) is 0 Å². The van der Waals surface area contributed by atoms with Gasteiger partial charge in [-0.15, -0.1) is 0 Å². The van der Waals surface area contributed by atoms with Crippen molar-refractivity contribution in [3.05, 3.63) is 129 Å². The van der Waals surface area contributed by atoms with E-state index in [1.54, 1.807) is 24.3 Å². The Balaban J connectivity index is 1.82. The summed E-state index contributed by atoms with van der Waals surface area (Å²) in [5.74, 6) is -0.926. The van der Waals surface area contributed by atoms with Gasteiger partial charge in [-0.05, 0) is 53.9 Å². The van der Waals surface area contributed by atoms with E-state index in [0.717, 1.165) is 19.9 Å². The van der Waals surface area contributed by atoms with Crippen LogP contribution in [0.15, 0.2) is 112 Å². The summed E-state index contributed by atoms with van der Waals surface area (Å²) in [6, 6.07) is 28.2. The monoisotopic (exact) mass is 715 g/mol. The van der Waals surface area contributed by atoms with Crippen LogP contribution < -0.4 is 9.62 Å². The van der Waals surface area contributed by atoms with Gasteiger partial charge in [0.1, 0.15) is 12.6 Å². The second-order valence-electron chi connectivity index (χ2n) is 10.0. The highest BCUT2D eigenvalue weighted by Gasteiger charge is 2.35. The van der Waals surface area contributed by atoms with Crippen molar-refractivity contribution in [1.82, 2.24) is 10.2 Å². The quantitative estimate of drug-likeness (QED) is 0.160. The Kier molecular flexibility index (Phi) is 11.9. The lowest BCUT2D eigenvalue weighted by atomic mass is 10.0. The Bertz CT molecular complexity index is 1690. The SMILES string of the molecule is CCCNC(=O)C(Cc1ccccc1)N(Cc1cccc(Br)c1)C(=O)CN(c1cccc(Cl)c1Cl)S(=O)(=O)c1ccccc1. The lowest BCUT2D eigenvalue weighted by Gasteiger charge is -2.34. The largest absolute Gasteiger partial charge is 0.354 e. The number of carbonyl (C=O) groups is 2. The van der Waals surface area contributed by atoms with Gasteiger partial charge in [0.05, 0.1) is 20.6 Å². The van der Waals surface area contributed by atoms with Crippen LogP contribution in [0.25, 0.3) is 0 Å². The molecule has 0 radical (unpaired) electrons. The molecule has 4 aromatic carbocycles. The fourth-order valence-electron chi connectivity index (χ4n) is 4.67. The number of rotatable bonds is 13. The molecule has 0 heterocycles. The third kappa shape index (κ3) is 8.41. The summed E-state index contributed by atoms with van der Waals surface area (Å²) < 4.78 is 29.9. The van der Waals surface area contributed by atoms with Crippen LogP contribution in [-0.4, -0.2) is 44.3 Å². The van der Waals surface area contributed by atoms with Crippen molar-refractivity contribution in [2.24, 2.45) is 0 Å². The molecule has 230 valence electrons. The number of halogens is 3. The van der Waals surface area contributed by atoms with Gasteiger partial charge in [-0.25, -0.2) is 8.42 Å². The molecule has 1 unspecified atom stereocenters. The smallest absolute Gasteiger partial charge is 0.264 e. The van der Waals surface area contributed by atoms with E-state index in [4.69, 9.17) is 23.2 Å². The second kappa shape index (κ2) is 15.6. The molecule has 0 aliphatic heterocycles. The molecule has 11 heteroatoms. The molecule has 44 heavy (non-hydrogen) atoms. The molecule has 0 saturated carbocycles. The number of sulfonamides is 1.